The number of rotatable bonds is 8. The van der Waals surface area contributed by atoms with E-state index in [9.17, 15) is 9.59 Å². The molecule has 0 aliphatic carbocycles. The Bertz CT molecular complexity index is 1020. The van der Waals surface area contributed by atoms with Crippen molar-refractivity contribution in [1.29, 1.82) is 0 Å². The molecule has 2 N–H and O–H groups in total. The Morgan fingerprint density at radius 2 is 1.93 bits per heavy atom. The lowest BCUT2D eigenvalue weighted by molar-refractivity contribution is -0.145. The number of carbonyl (C=O) groups is 2. The zero-order chi connectivity index (χ0) is 20.8. The molecule has 0 bridgehead atoms. The average Bonchev–Trinajstić information content (AvgIpc) is 3.12. The molecule has 6 nitrogen and oxygen atoms in total. The number of fused-ring (bicyclic) bond motifs is 1. The molecule has 0 aliphatic heterocycles. The Hall–Kier alpha value is -2.70. The molecule has 3 aromatic rings. The van der Waals surface area contributed by atoms with Crippen LogP contribution in [0.25, 0.3) is 10.9 Å². The lowest BCUT2D eigenvalue weighted by Crippen LogP contribution is -2.43. The number of hydrogen-bond acceptors (Lipinski definition) is 4. The molecule has 1 heterocycles. The minimum Gasteiger partial charge on any atom is -0.493 e. The zero-order valence-electron chi connectivity index (χ0n) is 15.7. The minimum atomic E-state index is -0.795. The minimum absolute atomic E-state index is 0.0711. The second-order valence-corrected chi connectivity index (χ2v) is 7.20. The molecular formula is C21H20Cl2N2O4. The fraction of sp³-hybridized carbons (Fsp3) is 0.238. The van der Waals surface area contributed by atoms with Crippen molar-refractivity contribution >= 4 is 46.0 Å². The Morgan fingerprint density at radius 1 is 1.14 bits per heavy atom. The van der Waals surface area contributed by atoms with Crippen molar-refractivity contribution in [3.05, 3.63) is 64.3 Å². The number of carbonyl (C=O) groups excluding carboxylic acids is 2. The van der Waals surface area contributed by atoms with Crippen molar-refractivity contribution in [2.75, 3.05) is 13.7 Å². The van der Waals surface area contributed by atoms with Crippen LogP contribution in [0.1, 0.15) is 12.0 Å². The molecule has 1 aromatic heterocycles. The summed E-state index contributed by atoms with van der Waals surface area (Å²) in [7, 11) is 1.30. The summed E-state index contributed by atoms with van der Waals surface area (Å²) in [5.74, 6) is -0.315. The number of aromatic nitrogens is 1. The van der Waals surface area contributed by atoms with Gasteiger partial charge in [-0.1, -0.05) is 41.4 Å². The van der Waals surface area contributed by atoms with Crippen molar-refractivity contribution < 1.29 is 19.1 Å². The van der Waals surface area contributed by atoms with Crippen molar-refractivity contribution in [3.63, 3.8) is 0 Å². The van der Waals surface area contributed by atoms with Crippen molar-refractivity contribution in [2.45, 2.75) is 18.9 Å². The first kappa shape index (κ1) is 21.0. The van der Waals surface area contributed by atoms with Gasteiger partial charge in [0.05, 0.1) is 30.2 Å². The van der Waals surface area contributed by atoms with Gasteiger partial charge in [0.1, 0.15) is 11.8 Å². The highest BCUT2D eigenvalue weighted by molar-refractivity contribution is 6.42. The van der Waals surface area contributed by atoms with Crippen LogP contribution in [-0.4, -0.2) is 36.6 Å². The van der Waals surface area contributed by atoms with Gasteiger partial charge in [-0.25, -0.2) is 4.79 Å². The molecule has 3 rings (SSSR count). The molecule has 1 atom stereocenters. The maximum Gasteiger partial charge on any atom is 0.328 e. The average molecular weight is 435 g/mol. The van der Waals surface area contributed by atoms with Gasteiger partial charge in [-0.3, -0.25) is 4.79 Å². The number of benzene rings is 2. The number of halogens is 2. The summed E-state index contributed by atoms with van der Waals surface area (Å²) in [5, 5.41) is 4.52. The number of para-hydroxylation sites is 1. The van der Waals surface area contributed by atoms with Crippen LogP contribution in [0.4, 0.5) is 0 Å². The molecule has 1 amide bonds. The molecule has 2 aromatic carbocycles. The Labute approximate surface area is 178 Å². The van der Waals surface area contributed by atoms with Crippen molar-refractivity contribution in [1.82, 2.24) is 10.3 Å². The van der Waals surface area contributed by atoms with Gasteiger partial charge in [-0.05, 0) is 23.8 Å². The third-order valence-corrected chi connectivity index (χ3v) is 5.15. The van der Waals surface area contributed by atoms with E-state index in [0.29, 0.717) is 22.2 Å². The van der Waals surface area contributed by atoms with E-state index in [1.165, 1.54) is 7.11 Å². The molecule has 0 fully saturated rings. The highest BCUT2D eigenvalue weighted by Gasteiger charge is 2.23. The molecule has 8 heteroatoms. The molecule has 29 heavy (non-hydrogen) atoms. The smallest absolute Gasteiger partial charge is 0.328 e. The third kappa shape index (κ3) is 5.43. The van der Waals surface area contributed by atoms with Crippen LogP contribution in [0, 0.1) is 0 Å². The summed E-state index contributed by atoms with van der Waals surface area (Å²) in [6.45, 7) is 0.130. The third-order valence-electron chi connectivity index (χ3n) is 4.41. The Morgan fingerprint density at radius 3 is 2.69 bits per heavy atom. The molecule has 0 saturated carbocycles. The standard InChI is InChI=1S/C21H20Cl2N2O4/c1-28-21(27)19(10-13-12-24-18-5-3-2-4-15(13)18)25-20(26)8-9-29-14-6-7-16(22)17(23)11-14/h2-7,11-12,19,24H,8-10H2,1H3,(H,25,26)/t19-/m1/s1. The fourth-order valence-electron chi connectivity index (χ4n) is 2.95. The van der Waals surface area contributed by atoms with E-state index in [2.05, 4.69) is 10.3 Å². The van der Waals surface area contributed by atoms with E-state index in [-0.39, 0.29) is 18.9 Å². The summed E-state index contributed by atoms with van der Waals surface area (Å²) >= 11 is 11.8. The maximum absolute atomic E-state index is 12.3. The monoisotopic (exact) mass is 434 g/mol. The van der Waals surface area contributed by atoms with Crippen LogP contribution in [0.3, 0.4) is 0 Å². The molecule has 0 spiro atoms. The number of ether oxygens (including phenoxy) is 2. The number of nitrogens with one attached hydrogen (secondary N) is 2. The fourth-order valence-corrected chi connectivity index (χ4v) is 3.24. The van der Waals surface area contributed by atoms with Gasteiger partial charge in [0.2, 0.25) is 5.91 Å². The topological polar surface area (TPSA) is 80.4 Å². The van der Waals surface area contributed by atoms with Crippen LogP contribution >= 0.6 is 23.2 Å². The largest absolute Gasteiger partial charge is 0.493 e. The second kappa shape index (κ2) is 9.67. The maximum atomic E-state index is 12.3. The number of methoxy groups -OCH3 is 1. The number of H-pyrrole nitrogens is 1. The molecule has 0 aliphatic rings. The van der Waals surface area contributed by atoms with Crippen LogP contribution in [0.5, 0.6) is 5.75 Å². The van der Waals surface area contributed by atoms with Crippen LogP contribution in [-0.2, 0) is 20.7 Å². The van der Waals surface area contributed by atoms with Crippen molar-refractivity contribution in [3.8, 4) is 5.75 Å². The first-order chi connectivity index (χ1) is 14.0. The highest BCUT2D eigenvalue weighted by atomic mass is 35.5. The van der Waals surface area contributed by atoms with Gasteiger partial charge in [-0.15, -0.1) is 0 Å². The van der Waals surface area contributed by atoms with Gasteiger partial charge in [0.25, 0.3) is 0 Å². The molecule has 0 radical (unpaired) electrons. The first-order valence-corrected chi connectivity index (χ1v) is 9.73. The summed E-state index contributed by atoms with van der Waals surface area (Å²) in [5.41, 5.74) is 1.89. The predicted molar refractivity (Wildman–Crippen MR) is 113 cm³/mol. The van der Waals surface area contributed by atoms with Gasteiger partial charge in [-0.2, -0.15) is 0 Å². The summed E-state index contributed by atoms with van der Waals surface area (Å²) in [6, 6.07) is 11.8. The predicted octanol–water partition coefficient (Wildman–Crippen LogP) is 4.14. The molecular weight excluding hydrogens is 415 g/mol. The first-order valence-electron chi connectivity index (χ1n) is 8.98. The number of hydrogen-bond donors (Lipinski definition) is 2. The quantitative estimate of drug-likeness (QED) is 0.521. The van der Waals surface area contributed by atoms with E-state index in [1.54, 1.807) is 18.2 Å². The van der Waals surface area contributed by atoms with Crippen LogP contribution < -0.4 is 10.1 Å². The van der Waals surface area contributed by atoms with Gasteiger partial charge >= 0.3 is 5.97 Å². The second-order valence-electron chi connectivity index (χ2n) is 6.38. The SMILES string of the molecule is COC(=O)[C@@H](Cc1c[nH]c2ccccc12)NC(=O)CCOc1ccc(Cl)c(Cl)c1. The normalized spacial score (nSPS) is 11.8. The number of aromatic amines is 1. The Balaban J connectivity index is 1.58. The van der Waals surface area contributed by atoms with Crippen LogP contribution in [0.2, 0.25) is 10.0 Å². The van der Waals surface area contributed by atoms with E-state index < -0.39 is 12.0 Å². The van der Waals surface area contributed by atoms with Gasteiger partial charge < -0.3 is 19.8 Å². The number of esters is 1. The summed E-state index contributed by atoms with van der Waals surface area (Å²) < 4.78 is 10.4. The van der Waals surface area contributed by atoms with E-state index >= 15 is 0 Å². The summed E-state index contributed by atoms with van der Waals surface area (Å²) in [4.78, 5) is 27.7. The highest BCUT2D eigenvalue weighted by Crippen LogP contribution is 2.26. The van der Waals surface area contributed by atoms with E-state index in [1.807, 2.05) is 30.5 Å². The summed E-state index contributed by atoms with van der Waals surface area (Å²) in [6.07, 6.45) is 2.22. The van der Waals surface area contributed by atoms with Gasteiger partial charge in [0, 0.05) is 29.6 Å². The van der Waals surface area contributed by atoms with E-state index in [0.717, 1.165) is 16.5 Å². The molecule has 0 saturated heterocycles. The van der Waals surface area contributed by atoms with Crippen LogP contribution in [0.15, 0.2) is 48.7 Å². The Kier molecular flexibility index (Phi) is 7.01. The molecule has 0 unspecified atom stereocenters. The number of amides is 1. The zero-order valence-corrected chi connectivity index (χ0v) is 17.2. The lowest BCUT2D eigenvalue weighted by Gasteiger charge is -2.16. The van der Waals surface area contributed by atoms with Gasteiger partial charge in [0.15, 0.2) is 0 Å². The van der Waals surface area contributed by atoms with E-state index in [4.69, 9.17) is 32.7 Å². The lowest BCUT2D eigenvalue weighted by atomic mass is 10.0. The molecule has 152 valence electrons. The van der Waals surface area contributed by atoms with Crippen molar-refractivity contribution in [2.24, 2.45) is 0 Å².